The zero-order valence-corrected chi connectivity index (χ0v) is 9.61. The van der Waals surface area contributed by atoms with Crippen LogP contribution in [-0.2, 0) is 12.6 Å². The third-order valence-corrected chi connectivity index (χ3v) is 2.33. The molecule has 0 saturated carbocycles. The summed E-state index contributed by atoms with van der Waals surface area (Å²) in [7, 11) is 0. The molecule has 5 nitrogen and oxygen atoms in total. The van der Waals surface area contributed by atoms with Crippen molar-refractivity contribution >= 4 is 5.69 Å². The minimum Gasteiger partial charge on any atom is -0.399 e. The summed E-state index contributed by atoms with van der Waals surface area (Å²) in [6.45, 7) is -0.177. The van der Waals surface area contributed by atoms with Gasteiger partial charge in [-0.25, -0.2) is 0 Å². The maximum atomic E-state index is 12.6. The highest BCUT2D eigenvalue weighted by Crippen LogP contribution is 2.33. The fourth-order valence-corrected chi connectivity index (χ4v) is 1.51. The predicted molar refractivity (Wildman–Crippen MR) is 59.9 cm³/mol. The molecular formula is C11H10F3N3O2. The van der Waals surface area contributed by atoms with Crippen LogP contribution in [0.2, 0.25) is 0 Å². The Labute approximate surface area is 105 Å². The van der Waals surface area contributed by atoms with Crippen LogP contribution in [0.25, 0.3) is 11.5 Å². The van der Waals surface area contributed by atoms with Crippen molar-refractivity contribution in [3.63, 3.8) is 0 Å². The Kier molecular flexibility index (Phi) is 3.43. The zero-order valence-electron chi connectivity index (χ0n) is 9.61. The standard InChI is InChI=1S/C11H10F3N3O2/c12-11(13,14)7-3-6(4-8(15)5-7)10-16-9(1-2-18)17-19-10/h3-5,18H,1-2,15H2. The van der Waals surface area contributed by atoms with Crippen molar-refractivity contribution in [1.29, 1.82) is 0 Å². The second kappa shape index (κ2) is 4.88. The molecule has 102 valence electrons. The molecule has 0 amide bonds. The van der Waals surface area contributed by atoms with Crippen molar-refractivity contribution in [2.24, 2.45) is 0 Å². The molecule has 1 aromatic heterocycles. The normalized spacial score (nSPS) is 11.8. The highest BCUT2D eigenvalue weighted by molar-refractivity contribution is 5.62. The Morgan fingerprint density at radius 3 is 2.63 bits per heavy atom. The number of halogens is 3. The highest BCUT2D eigenvalue weighted by atomic mass is 19.4. The van der Waals surface area contributed by atoms with Crippen LogP contribution in [0, 0.1) is 0 Å². The van der Waals surface area contributed by atoms with Crippen LogP contribution in [-0.4, -0.2) is 21.9 Å². The number of hydrogen-bond donors (Lipinski definition) is 2. The van der Waals surface area contributed by atoms with E-state index in [1.165, 1.54) is 6.07 Å². The van der Waals surface area contributed by atoms with E-state index in [1.807, 2.05) is 0 Å². The monoisotopic (exact) mass is 273 g/mol. The number of nitrogen functional groups attached to an aromatic ring is 1. The van der Waals surface area contributed by atoms with Crippen LogP contribution < -0.4 is 5.73 Å². The second-order valence-electron chi connectivity index (χ2n) is 3.83. The molecule has 0 atom stereocenters. The number of nitrogens with two attached hydrogens (primary N) is 1. The second-order valence-corrected chi connectivity index (χ2v) is 3.83. The van der Waals surface area contributed by atoms with Crippen LogP contribution in [0.4, 0.5) is 18.9 Å². The number of benzene rings is 1. The molecule has 2 rings (SSSR count). The highest BCUT2D eigenvalue weighted by Gasteiger charge is 2.31. The third-order valence-electron chi connectivity index (χ3n) is 2.33. The summed E-state index contributed by atoms with van der Waals surface area (Å²) < 4.78 is 42.7. The van der Waals surface area contributed by atoms with Crippen LogP contribution in [0.3, 0.4) is 0 Å². The topological polar surface area (TPSA) is 85.2 Å². The van der Waals surface area contributed by atoms with Gasteiger partial charge >= 0.3 is 6.18 Å². The summed E-state index contributed by atoms with van der Waals surface area (Å²) in [5.74, 6) is 0.148. The lowest BCUT2D eigenvalue weighted by atomic mass is 10.1. The molecule has 3 N–H and O–H groups in total. The van der Waals surface area contributed by atoms with E-state index in [9.17, 15) is 13.2 Å². The van der Waals surface area contributed by atoms with Crippen molar-refractivity contribution in [3.8, 4) is 11.5 Å². The molecule has 0 aliphatic heterocycles. The summed E-state index contributed by atoms with van der Waals surface area (Å²) in [4.78, 5) is 3.87. The van der Waals surface area contributed by atoms with Gasteiger partial charge in [0, 0.05) is 17.7 Å². The van der Waals surface area contributed by atoms with Crippen LogP contribution in [0.5, 0.6) is 0 Å². The van der Waals surface area contributed by atoms with Crippen LogP contribution >= 0.6 is 0 Å². The molecule has 1 aromatic carbocycles. The van der Waals surface area contributed by atoms with E-state index in [1.54, 1.807) is 0 Å². The van der Waals surface area contributed by atoms with E-state index in [0.29, 0.717) is 0 Å². The van der Waals surface area contributed by atoms with E-state index in [-0.39, 0.29) is 36.0 Å². The van der Waals surface area contributed by atoms with Gasteiger partial charge in [-0.15, -0.1) is 0 Å². The first-order chi connectivity index (χ1) is 8.90. The molecule has 0 aliphatic rings. The van der Waals surface area contributed by atoms with E-state index in [4.69, 9.17) is 15.4 Å². The molecule has 0 unspecified atom stereocenters. The van der Waals surface area contributed by atoms with Crippen molar-refractivity contribution in [3.05, 3.63) is 29.6 Å². The molecule has 19 heavy (non-hydrogen) atoms. The number of aliphatic hydroxyl groups excluding tert-OH is 1. The van der Waals surface area contributed by atoms with Crippen molar-refractivity contribution < 1.29 is 22.8 Å². The number of nitrogens with zero attached hydrogens (tertiary/aromatic N) is 2. The van der Waals surface area contributed by atoms with Crippen LogP contribution in [0.1, 0.15) is 11.4 Å². The smallest absolute Gasteiger partial charge is 0.399 e. The molecule has 0 radical (unpaired) electrons. The Hall–Kier alpha value is -2.09. The van der Waals surface area contributed by atoms with Gasteiger partial charge in [-0.05, 0) is 18.2 Å². The van der Waals surface area contributed by atoms with Gasteiger partial charge in [0.25, 0.3) is 5.89 Å². The molecule has 2 aromatic rings. The zero-order chi connectivity index (χ0) is 14.0. The molecule has 1 heterocycles. The maximum Gasteiger partial charge on any atom is 0.416 e. The summed E-state index contributed by atoms with van der Waals surface area (Å²) in [6, 6.07) is 3.02. The van der Waals surface area contributed by atoms with Gasteiger partial charge in [0.2, 0.25) is 0 Å². The van der Waals surface area contributed by atoms with E-state index in [2.05, 4.69) is 10.1 Å². The fraction of sp³-hybridized carbons (Fsp3) is 0.273. The minimum atomic E-state index is -4.50. The first-order valence-electron chi connectivity index (χ1n) is 5.31. The van der Waals surface area contributed by atoms with Gasteiger partial charge in [0.1, 0.15) is 0 Å². The molecule has 0 fully saturated rings. The Morgan fingerprint density at radius 1 is 1.26 bits per heavy atom. The quantitative estimate of drug-likeness (QED) is 0.834. The van der Waals surface area contributed by atoms with Gasteiger partial charge in [-0.1, -0.05) is 5.16 Å². The molecular weight excluding hydrogens is 263 g/mol. The van der Waals surface area contributed by atoms with Gasteiger partial charge < -0.3 is 15.4 Å². The van der Waals surface area contributed by atoms with Crippen molar-refractivity contribution in [2.75, 3.05) is 12.3 Å². The number of aromatic nitrogens is 2. The van der Waals surface area contributed by atoms with E-state index in [0.717, 1.165) is 12.1 Å². The average molecular weight is 273 g/mol. The first kappa shape index (κ1) is 13.3. The molecule has 0 aliphatic carbocycles. The Morgan fingerprint density at radius 2 is 2.00 bits per heavy atom. The third kappa shape index (κ3) is 3.02. The molecule has 0 bridgehead atoms. The van der Waals surface area contributed by atoms with Gasteiger partial charge in [0.15, 0.2) is 5.82 Å². The maximum absolute atomic E-state index is 12.6. The lowest BCUT2D eigenvalue weighted by Crippen LogP contribution is -2.06. The lowest BCUT2D eigenvalue weighted by Gasteiger charge is -2.08. The summed E-state index contributed by atoms with van der Waals surface area (Å²) in [6.07, 6.45) is -4.34. The fourth-order valence-electron chi connectivity index (χ4n) is 1.51. The predicted octanol–water partition coefficient (Wildman–Crippen LogP) is 1.87. The lowest BCUT2D eigenvalue weighted by molar-refractivity contribution is -0.137. The molecule has 0 saturated heterocycles. The number of alkyl halides is 3. The number of aliphatic hydroxyl groups is 1. The average Bonchev–Trinajstić information content (AvgIpc) is 2.76. The summed E-state index contributed by atoms with van der Waals surface area (Å²) in [5.41, 5.74) is 4.58. The van der Waals surface area contributed by atoms with Crippen molar-refractivity contribution in [2.45, 2.75) is 12.6 Å². The van der Waals surface area contributed by atoms with E-state index >= 15 is 0 Å². The first-order valence-corrected chi connectivity index (χ1v) is 5.31. The Balaban J connectivity index is 2.41. The molecule has 8 heteroatoms. The Bertz CT molecular complexity index is 581. The van der Waals surface area contributed by atoms with Crippen molar-refractivity contribution in [1.82, 2.24) is 10.1 Å². The summed E-state index contributed by atoms with van der Waals surface area (Å²) >= 11 is 0. The minimum absolute atomic E-state index is 0.0493. The summed E-state index contributed by atoms with van der Waals surface area (Å²) in [5, 5.41) is 12.2. The SMILES string of the molecule is Nc1cc(-c2nc(CCO)no2)cc(C(F)(F)F)c1. The van der Waals surface area contributed by atoms with Gasteiger partial charge in [0.05, 0.1) is 12.2 Å². The number of anilines is 1. The largest absolute Gasteiger partial charge is 0.416 e. The van der Waals surface area contributed by atoms with Gasteiger partial charge in [-0.2, -0.15) is 18.2 Å². The van der Waals surface area contributed by atoms with Crippen LogP contribution in [0.15, 0.2) is 22.7 Å². The van der Waals surface area contributed by atoms with Gasteiger partial charge in [-0.3, -0.25) is 0 Å². The number of hydrogen-bond acceptors (Lipinski definition) is 5. The number of rotatable bonds is 3. The van der Waals surface area contributed by atoms with E-state index < -0.39 is 11.7 Å². The molecule has 0 spiro atoms.